The van der Waals surface area contributed by atoms with Gasteiger partial charge in [-0.2, -0.15) is 0 Å². The van der Waals surface area contributed by atoms with Crippen molar-refractivity contribution in [1.82, 2.24) is 5.32 Å². The summed E-state index contributed by atoms with van der Waals surface area (Å²) in [5.41, 5.74) is 1.63. The lowest BCUT2D eigenvalue weighted by Crippen LogP contribution is -2.43. The summed E-state index contributed by atoms with van der Waals surface area (Å²) in [4.78, 5) is 0. The van der Waals surface area contributed by atoms with Crippen LogP contribution < -0.4 is 14.8 Å². The topological polar surface area (TPSA) is 30.5 Å². The smallest absolute Gasteiger partial charge is 0.231 e. The Morgan fingerprint density at radius 3 is 2.40 bits per heavy atom. The summed E-state index contributed by atoms with van der Waals surface area (Å²) in [5, 5.41) is 3.72. The fourth-order valence-corrected chi connectivity index (χ4v) is 3.23. The van der Waals surface area contributed by atoms with Crippen LogP contribution in [0.3, 0.4) is 0 Å². The normalized spacial score (nSPS) is 16.3. The standard InChI is InChI=1S/C17H27NO2/c1-12(18-17(5,6)10-16(2,3)4)13-7-8-14-15(9-13)20-11-19-14/h7-9,12,18H,10-11H2,1-6H3. The van der Waals surface area contributed by atoms with E-state index in [4.69, 9.17) is 9.47 Å². The van der Waals surface area contributed by atoms with Crippen molar-refractivity contribution in [3.8, 4) is 11.5 Å². The third-order valence-electron chi connectivity index (χ3n) is 3.48. The monoisotopic (exact) mass is 277 g/mol. The van der Waals surface area contributed by atoms with Crippen molar-refractivity contribution < 1.29 is 9.47 Å². The predicted molar refractivity (Wildman–Crippen MR) is 82.3 cm³/mol. The molecule has 1 unspecified atom stereocenters. The second-order valence-corrected chi connectivity index (χ2v) is 7.60. The summed E-state index contributed by atoms with van der Waals surface area (Å²) < 4.78 is 10.8. The Labute approximate surface area is 122 Å². The molecule has 3 heteroatoms. The van der Waals surface area contributed by atoms with E-state index in [2.05, 4.69) is 59.0 Å². The Bertz CT molecular complexity index is 474. The zero-order valence-corrected chi connectivity index (χ0v) is 13.5. The van der Waals surface area contributed by atoms with Crippen LogP contribution in [0.4, 0.5) is 0 Å². The summed E-state index contributed by atoms with van der Waals surface area (Å²) in [7, 11) is 0. The van der Waals surface area contributed by atoms with Crippen LogP contribution in [0.2, 0.25) is 0 Å². The molecule has 0 radical (unpaired) electrons. The fourth-order valence-electron chi connectivity index (χ4n) is 3.23. The lowest BCUT2D eigenvalue weighted by molar-refractivity contribution is 0.174. The molecule has 0 bridgehead atoms. The molecule has 112 valence electrons. The maximum atomic E-state index is 5.45. The molecule has 1 aliphatic rings. The van der Waals surface area contributed by atoms with E-state index in [-0.39, 0.29) is 11.6 Å². The van der Waals surface area contributed by atoms with Gasteiger partial charge in [-0.3, -0.25) is 0 Å². The van der Waals surface area contributed by atoms with Crippen LogP contribution in [0, 0.1) is 5.41 Å². The molecule has 3 nitrogen and oxygen atoms in total. The Balaban J connectivity index is 2.06. The maximum Gasteiger partial charge on any atom is 0.231 e. The van der Waals surface area contributed by atoms with Gasteiger partial charge >= 0.3 is 0 Å². The lowest BCUT2D eigenvalue weighted by atomic mass is 9.81. The molecule has 1 atom stereocenters. The molecule has 1 aromatic carbocycles. The van der Waals surface area contributed by atoms with E-state index in [9.17, 15) is 0 Å². The van der Waals surface area contributed by atoms with E-state index in [1.54, 1.807) is 0 Å². The highest BCUT2D eigenvalue weighted by Gasteiger charge is 2.27. The first-order valence-electron chi connectivity index (χ1n) is 7.34. The van der Waals surface area contributed by atoms with Crippen molar-refractivity contribution in [2.75, 3.05) is 6.79 Å². The highest BCUT2D eigenvalue weighted by atomic mass is 16.7. The fraction of sp³-hybridized carbons (Fsp3) is 0.647. The Morgan fingerprint density at radius 2 is 1.75 bits per heavy atom. The Kier molecular flexibility index (Phi) is 4.01. The van der Waals surface area contributed by atoms with E-state index >= 15 is 0 Å². The first kappa shape index (κ1) is 15.2. The molecular formula is C17H27NO2. The molecular weight excluding hydrogens is 250 g/mol. The highest BCUT2D eigenvalue weighted by molar-refractivity contribution is 5.45. The number of ether oxygens (including phenoxy) is 2. The summed E-state index contributed by atoms with van der Waals surface area (Å²) in [6.45, 7) is 13.9. The SMILES string of the molecule is CC(NC(C)(C)CC(C)(C)C)c1ccc2c(c1)OCO2. The van der Waals surface area contributed by atoms with E-state index in [1.807, 2.05) is 6.07 Å². The number of rotatable bonds is 4. The summed E-state index contributed by atoms with van der Waals surface area (Å²) in [6, 6.07) is 6.46. The quantitative estimate of drug-likeness (QED) is 0.891. The molecule has 2 rings (SSSR count). The largest absolute Gasteiger partial charge is 0.454 e. The number of fused-ring (bicyclic) bond motifs is 1. The molecule has 0 fully saturated rings. The molecule has 0 aromatic heterocycles. The molecule has 1 heterocycles. The molecule has 0 saturated carbocycles. The number of hydrogen-bond acceptors (Lipinski definition) is 3. The van der Waals surface area contributed by atoms with Crippen LogP contribution in [-0.4, -0.2) is 12.3 Å². The molecule has 0 aliphatic carbocycles. The van der Waals surface area contributed by atoms with E-state index < -0.39 is 0 Å². The van der Waals surface area contributed by atoms with Crippen LogP contribution >= 0.6 is 0 Å². The van der Waals surface area contributed by atoms with E-state index in [1.165, 1.54) is 5.56 Å². The summed E-state index contributed by atoms with van der Waals surface area (Å²) in [6.07, 6.45) is 1.12. The first-order valence-corrected chi connectivity index (χ1v) is 7.34. The Morgan fingerprint density at radius 1 is 1.10 bits per heavy atom. The van der Waals surface area contributed by atoms with Gasteiger partial charge in [-0.15, -0.1) is 0 Å². The molecule has 1 aromatic rings. The van der Waals surface area contributed by atoms with Crippen molar-refractivity contribution in [1.29, 1.82) is 0 Å². The number of hydrogen-bond donors (Lipinski definition) is 1. The third kappa shape index (κ3) is 3.89. The van der Waals surface area contributed by atoms with Crippen molar-refractivity contribution in [3.05, 3.63) is 23.8 Å². The Hall–Kier alpha value is -1.22. The van der Waals surface area contributed by atoms with Crippen LogP contribution in [-0.2, 0) is 0 Å². The highest BCUT2D eigenvalue weighted by Crippen LogP contribution is 2.35. The van der Waals surface area contributed by atoms with Crippen molar-refractivity contribution >= 4 is 0 Å². The zero-order valence-electron chi connectivity index (χ0n) is 13.5. The maximum absolute atomic E-state index is 5.45. The third-order valence-corrected chi connectivity index (χ3v) is 3.48. The van der Waals surface area contributed by atoms with Gasteiger partial charge in [0.15, 0.2) is 11.5 Å². The number of nitrogens with one attached hydrogen (secondary N) is 1. The summed E-state index contributed by atoms with van der Waals surface area (Å²) in [5.74, 6) is 1.69. The first-order chi connectivity index (χ1) is 9.16. The van der Waals surface area contributed by atoms with Gasteiger partial charge < -0.3 is 14.8 Å². The minimum absolute atomic E-state index is 0.0913. The minimum atomic E-state index is 0.0913. The molecule has 0 spiro atoms. The van der Waals surface area contributed by atoms with Crippen molar-refractivity contribution in [2.45, 2.75) is 59.5 Å². The lowest BCUT2D eigenvalue weighted by Gasteiger charge is -2.36. The van der Waals surface area contributed by atoms with E-state index in [0.717, 1.165) is 17.9 Å². The minimum Gasteiger partial charge on any atom is -0.454 e. The predicted octanol–water partition coefficient (Wildman–Crippen LogP) is 4.28. The molecule has 1 N–H and O–H groups in total. The van der Waals surface area contributed by atoms with Gasteiger partial charge in [-0.1, -0.05) is 26.8 Å². The van der Waals surface area contributed by atoms with Crippen LogP contribution in [0.5, 0.6) is 11.5 Å². The van der Waals surface area contributed by atoms with Crippen LogP contribution in [0.15, 0.2) is 18.2 Å². The van der Waals surface area contributed by atoms with Gasteiger partial charge in [-0.05, 0) is 50.3 Å². The van der Waals surface area contributed by atoms with Gasteiger partial charge in [-0.25, -0.2) is 0 Å². The van der Waals surface area contributed by atoms with Gasteiger partial charge in [0, 0.05) is 11.6 Å². The van der Waals surface area contributed by atoms with Gasteiger partial charge in [0.1, 0.15) is 0 Å². The van der Waals surface area contributed by atoms with Crippen molar-refractivity contribution in [2.24, 2.45) is 5.41 Å². The average molecular weight is 277 g/mol. The second kappa shape index (κ2) is 5.28. The van der Waals surface area contributed by atoms with Crippen LogP contribution in [0.1, 0.15) is 59.6 Å². The second-order valence-electron chi connectivity index (χ2n) is 7.60. The number of benzene rings is 1. The molecule has 0 saturated heterocycles. The van der Waals surface area contributed by atoms with Gasteiger partial charge in [0.25, 0.3) is 0 Å². The van der Waals surface area contributed by atoms with E-state index in [0.29, 0.717) is 12.2 Å². The zero-order chi connectivity index (χ0) is 15.0. The van der Waals surface area contributed by atoms with Crippen LogP contribution in [0.25, 0.3) is 0 Å². The molecule has 1 aliphatic heterocycles. The van der Waals surface area contributed by atoms with Crippen molar-refractivity contribution in [3.63, 3.8) is 0 Å². The molecule has 0 amide bonds. The summed E-state index contributed by atoms with van der Waals surface area (Å²) >= 11 is 0. The van der Waals surface area contributed by atoms with Gasteiger partial charge in [0.2, 0.25) is 6.79 Å². The molecule has 20 heavy (non-hydrogen) atoms. The van der Waals surface area contributed by atoms with Gasteiger partial charge in [0.05, 0.1) is 0 Å². The average Bonchev–Trinajstić information content (AvgIpc) is 2.71.